The van der Waals surface area contributed by atoms with Crippen LogP contribution in [0.25, 0.3) is 0 Å². The molecule has 0 fully saturated rings. The van der Waals surface area contributed by atoms with Crippen LogP contribution in [0.15, 0.2) is 30.6 Å². The molecule has 0 bridgehead atoms. The van der Waals surface area contributed by atoms with Crippen LogP contribution in [0.5, 0.6) is 0 Å². The Hall–Kier alpha value is -2.35. The van der Waals surface area contributed by atoms with E-state index >= 15 is 0 Å². The lowest BCUT2D eigenvalue weighted by Gasteiger charge is -2.02. The number of anilines is 1. The molecule has 0 aromatic carbocycles. The molecule has 0 unspecified atom stereocenters. The molecule has 0 aliphatic rings. The first-order valence-electron chi connectivity index (χ1n) is 4.48. The highest BCUT2D eigenvalue weighted by atomic mass is 15.0. The van der Waals surface area contributed by atoms with Crippen LogP contribution < -0.4 is 5.32 Å². The van der Waals surface area contributed by atoms with Gasteiger partial charge in [0.2, 0.25) is 0 Å². The van der Waals surface area contributed by atoms with Gasteiger partial charge in [0, 0.05) is 12.4 Å². The largest absolute Gasteiger partial charge is 0.363 e. The van der Waals surface area contributed by atoms with Crippen molar-refractivity contribution in [3.63, 3.8) is 0 Å². The lowest BCUT2D eigenvalue weighted by molar-refractivity contribution is 0.986. The number of pyridine rings is 1. The molecular weight excluding hydrogens is 190 g/mol. The van der Waals surface area contributed by atoms with Crippen LogP contribution in [0.3, 0.4) is 0 Å². The molecule has 74 valence electrons. The van der Waals surface area contributed by atoms with Gasteiger partial charge in [-0.3, -0.25) is 0 Å². The molecule has 2 aromatic rings. The first-order chi connectivity index (χ1) is 7.38. The fraction of sp³-hybridized carbons (Fsp3) is 0.100. The molecule has 5 heteroatoms. The van der Waals surface area contributed by atoms with Crippen molar-refractivity contribution in [1.29, 1.82) is 5.26 Å². The average Bonchev–Trinajstić information content (AvgIpc) is 2.79. The van der Waals surface area contributed by atoms with Gasteiger partial charge < -0.3 is 10.3 Å². The van der Waals surface area contributed by atoms with Crippen molar-refractivity contribution in [3.8, 4) is 6.07 Å². The second-order valence-electron chi connectivity index (χ2n) is 2.91. The van der Waals surface area contributed by atoms with E-state index in [-0.39, 0.29) is 0 Å². The standard InChI is InChI=1S/C10H9N5/c11-6-8-2-1-3-9(15-8)14-7-10-12-4-5-13-10/h1-5H,7H2,(H,12,13)(H,14,15). The molecule has 2 N–H and O–H groups in total. The van der Waals surface area contributed by atoms with Gasteiger partial charge in [-0.2, -0.15) is 5.26 Å². The summed E-state index contributed by atoms with van der Waals surface area (Å²) in [4.78, 5) is 11.1. The summed E-state index contributed by atoms with van der Waals surface area (Å²) in [5.41, 5.74) is 0.402. The van der Waals surface area contributed by atoms with E-state index < -0.39 is 0 Å². The smallest absolute Gasteiger partial charge is 0.142 e. The molecule has 15 heavy (non-hydrogen) atoms. The normalized spacial score (nSPS) is 9.53. The number of imidazole rings is 1. The van der Waals surface area contributed by atoms with Crippen molar-refractivity contribution in [2.75, 3.05) is 5.32 Å². The summed E-state index contributed by atoms with van der Waals surface area (Å²) < 4.78 is 0. The minimum atomic E-state index is 0.402. The minimum Gasteiger partial charge on any atom is -0.363 e. The van der Waals surface area contributed by atoms with Crippen molar-refractivity contribution in [2.45, 2.75) is 6.54 Å². The van der Waals surface area contributed by atoms with Gasteiger partial charge in [0.25, 0.3) is 0 Å². The zero-order chi connectivity index (χ0) is 10.5. The maximum absolute atomic E-state index is 8.66. The van der Waals surface area contributed by atoms with Crippen LogP contribution in [-0.4, -0.2) is 15.0 Å². The van der Waals surface area contributed by atoms with Crippen LogP contribution in [0, 0.1) is 11.3 Å². The van der Waals surface area contributed by atoms with Crippen LogP contribution in [0.2, 0.25) is 0 Å². The fourth-order valence-electron chi connectivity index (χ4n) is 1.16. The predicted molar refractivity (Wildman–Crippen MR) is 54.9 cm³/mol. The summed E-state index contributed by atoms with van der Waals surface area (Å²) >= 11 is 0. The Morgan fingerprint density at radius 2 is 2.40 bits per heavy atom. The fourth-order valence-corrected chi connectivity index (χ4v) is 1.16. The summed E-state index contributed by atoms with van der Waals surface area (Å²) in [5, 5.41) is 11.7. The topological polar surface area (TPSA) is 77.4 Å². The van der Waals surface area contributed by atoms with Crippen molar-refractivity contribution in [2.24, 2.45) is 0 Å². The van der Waals surface area contributed by atoms with Gasteiger partial charge in [0.05, 0.1) is 6.54 Å². The Kier molecular flexibility index (Phi) is 2.61. The molecule has 5 nitrogen and oxygen atoms in total. The minimum absolute atomic E-state index is 0.402. The monoisotopic (exact) mass is 199 g/mol. The zero-order valence-corrected chi connectivity index (χ0v) is 7.94. The number of aromatic amines is 1. The lowest BCUT2D eigenvalue weighted by atomic mass is 10.3. The van der Waals surface area contributed by atoms with Crippen molar-refractivity contribution in [3.05, 3.63) is 42.1 Å². The Labute approximate surface area is 86.8 Å². The summed E-state index contributed by atoms with van der Waals surface area (Å²) in [6.45, 7) is 0.564. The molecule has 0 radical (unpaired) electrons. The van der Waals surface area contributed by atoms with E-state index in [1.807, 2.05) is 12.1 Å². The first kappa shape index (κ1) is 9.21. The molecule has 2 aromatic heterocycles. The Morgan fingerprint density at radius 1 is 1.47 bits per heavy atom. The summed E-state index contributed by atoms with van der Waals surface area (Å²) in [7, 11) is 0. The van der Waals surface area contributed by atoms with E-state index in [1.165, 1.54) is 0 Å². The lowest BCUT2D eigenvalue weighted by Crippen LogP contribution is -2.03. The number of nitrogens with zero attached hydrogens (tertiary/aromatic N) is 3. The summed E-state index contributed by atoms with van der Waals surface area (Å²) in [6.07, 6.45) is 3.45. The quantitative estimate of drug-likeness (QED) is 0.780. The van der Waals surface area contributed by atoms with Gasteiger partial charge in [-0.25, -0.2) is 9.97 Å². The van der Waals surface area contributed by atoms with Crippen molar-refractivity contribution in [1.82, 2.24) is 15.0 Å². The molecule has 0 saturated heterocycles. The van der Waals surface area contributed by atoms with Gasteiger partial charge in [-0.1, -0.05) is 6.07 Å². The molecule has 2 heterocycles. The highest BCUT2D eigenvalue weighted by Gasteiger charge is 1.97. The van der Waals surface area contributed by atoms with E-state index in [2.05, 4.69) is 20.3 Å². The highest BCUT2D eigenvalue weighted by Crippen LogP contribution is 2.04. The van der Waals surface area contributed by atoms with Gasteiger partial charge in [-0.15, -0.1) is 0 Å². The van der Waals surface area contributed by atoms with Crippen LogP contribution in [0.4, 0.5) is 5.82 Å². The molecule has 0 saturated carbocycles. The number of nitriles is 1. The first-order valence-corrected chi connectivity index (χ1v) is 4.48. The second-order valence-corrected chi connectivity index (χ2v) is 2.91. The number of nitrogens with one attached hydrogen (secondary N) is 2. The van der Waals surface area contributed by atoms with Crippen molar-refractivity contribution >= 4 is 5.82 Å². The third-order valence-corrected chi connectivity index (χ3v) is 1.86. The number of rotatable bonds is 3. The zero-order valence-electron chi connectivity index (χ0n) is 7.94. The third kappa shape index (κ3) is 2.31. The van der Waals surface area contributed by atoms with Gasteiger partial charge >= 0.3 is 0 Å². The molecule has 0 aliphatic heterocycles. The van der Waals surface area contributed by atoms with Crippen LogP contribution >= 0.6 is 0 Å². The predicted octanol–water partition coefficient (Wildman–Crippen LogP) is 1.29. The summed E-state index contributed by atoms with van der Waals surface area (Å²) in [5.74, 6) is 1.50. The molecule has 0 spiro atoms. The maximum Gasteiger partial charge on any atom is 0.142 e. The molecular formula is C10H9N5. The van der Waals surface area contributed by atoms with Crippen LogP contribution in [0.1, 0.15) is 11.5 Å². The number of hydrogen-bond acceptors (Lipinski definition) is 4. The van der Waals surface area contributed by atoms with Crippen molar-refractivity contribution < 1.29 is 0 Å². The summed E-state index contributed by atoms with van der Waals surface area (Å²) in [6, 6.07) is 7.25. The molecule has 2 rings (SSSR count). The SMILES string of the molecule is N#Cc1cccc(NCc2ncc[nH]2)n1. The average molecular weight is 199 g/mol. The van der Waals surface area contributed by atoms with E-state index in [4.69, 9.17) is 5.26 Å². The van der Waals surface area contributed by atoms with E-state index in [0.717, 1.165) is 5.82 Å². The second kappa shape index (κ2) is 4.24. The van der Waals surface area contributed by atoms with Gasteiger partial charge in [-0.05, 0) is 12.1 Å². The number of hydrogen-bond donors (Lipinski definition) is 2. The number of H-pyrrole nitrogens is 1. The third-order valence-electron chi connectivity index (χ3n) is 1.86. The molecule has 0 amide bonds. The Balaban J connectivity index is 2.02. The maximum atomic E-state index is 8.66. The van der Waals surface area contributed by atoms with E-state index in [0.29, 0.717) is 18.1 Å². The van der Waals surface area contributed by atoms with Crippen LogP contribution in [-0.2, 0) is 6.54 Å². The Morgan fingerprint density at radius 3 is 3.13 bits per heavy atom. The molecule has 0 aliphatic carbocycles. The van der Waals surface area contributed by atoms with E-state index in [1.54, 1.807) is 24.5 Å². The molecule has 0 atom stereocenters. The Bertz CT molecular complexity index is 469. The highest BCUT2D eigenvalue weighted by molar-refractivity contribution is 5.38. The van der Waals surface area contributed by atoms with Gasteiger partial charge in [0.1, 0.15) is 23.4 Å². The van der Waals surface area contributed by atoms with E-state index in [9.17, 15) is 0 Å². The number of aromatic nitrogens is 3. The van der Waals surface area contributed by atoms with Gasteiger partial charge in [0.15, 0.2) is 0 Å².